The molecule has 1 aromatic heterocycles. The van der Waals surface area contributed by atoms with Crippen molar-refractivity contribution in [2.24, 2.45) is 5.73 Å². The summed E-state index contributed by atoms with van der Waals surface area (Å²) >= 11 is 0. The van der Waals surface area contributed by atoms with E-state index in [0.29, 0.717) is 24.4 Å². The van der Waals surface area contributed by atoms with Gasteiger partial charge in [0, 0.05) is 19.1 Å². The minimum atomic E-state index is -0.0412. The topological polar surface area (TPSA) is 72.4 Å². The van der Waals surface area contributed by atoms with Crippen LogP contribution in [0, 0.1) is 6.92 Å². The van der Waals surface area contributed by atoms with Crippen molar-refractivity contribution in [2.75, 3.05) is 13.1 Å². The maximum atomic E-state index is 11.6. The van der Waals surface area contributed by atoms with Gasteiger partial charge in [0.05, 0.1) is 6.20 Å². The third-order valence-corrected chi connectivity index (χ3v) is 2.18. The highest BCUT2D eigenvalue weighted by atomic mass is 16.5. The van der Waals surface area contributed by atoms with Crippen molar-refractivity contribution in [1.82, 2.24) is 10.1 Å². The third-order valence-electron chi connectivity index (χ3n) is 2.18. The van der Waals surface area contributed by atoms with E-state index in [9.17, 15) is 4.79 Å². The van der Waals surface area contributed by atoms with Gasteiger partial charge in [-0.3, -0.25) is 4.79 Å². The number of amides is 1. The van der Waals surface area contributed by atoms with Crippen molar-refractivity contribution >= 4 is 5.91 Å². The lowest BCUT2D eigenvalue weighted by Crippen LogP contribution is -2.57. The molecule has 1 fully saturated rings. The molecule has 1 aromatic rings. The van der Waals surface area contributed by atoms with E-state index in [0.717, 1.165) is 0 Å². The van der Waals surface area contributed by atoms with Gasteiger partial charge in [0.1, 0.15) is 11.3 Å². The van der Waals surface area contributed by atoms with Gasteiger partial charge in [0.25, 0.3) is 5.91 Å². The van der Waals surface area contributed by atoms with E-state index in [2.05, 4.69) is 5.16 Å². The molecule has 70 valence electrons. The standard InChI is InChI=1S/C8H11N3O2/c1-5-7(2-10-13-5)8(12)11-3-6(9)4-11/h2,6H,3-4,9H2,1H3. The van der Waals surface area contributed by atoms with Gasteiger partial charge < -0.3 is 15.2 Å². The predicted octanol–water partition coefficient (Wildman–Crippen LogP) is -0.234. The van der Waals surface area contributed by atoms with E-state index in [1.54, 1.807) is 11.8 Å². The molecule has 1 aliphatic rings. The van der Waals surface area contributed by atoms with Crippen molar-refractivity contribution in [3.63, 3.8) is 0 Å². The highest BCUT2D eigenvalue weighted by Crippen LogP contribution is 2.14. The molecule has 0 spiro atoms. The summed E-state index contributed by atoms with van der Waals surface area (Å²) < 4.78 is 4.80. The normalized spacial score (nSPS) is 17.2. The summed E-state index contributed by atoms with van der Waals surface area (Å²) in [6.45, 7) is 2.98. The van der Waals surface area contributed by atoms with E-state index >= 15 is 0 Å². The fraction of sp³-hybridized carbons (Fsp3) is 0.500. The Morgan fingerprint density at radius 2 is 2.46 bits per heavy atom. The zero-order chi connectivity index (χ0) is 9.42. The van der Waals surface area contributed by atoms with Crippen LogP contribution in [0.4, 0.5) is 0 Å². The summed E-state index contributed by atoms with van der Waals surface area (Å²) in [6, 6.07) is 0.129. The molecular weight excluding hydrogens is 170 g/mol. The van der Waals surface area contributed by atoms with Crippen molar-refractivity contribution in [3.8, 4) is 0 Å². The molecule has 1 aliphatic heterocycles. The minimum absolute atomic E-state index is 0.0412. The Bertz CT molecular complexity index is 328. The highest BCUT2D eigenvalue weighted by Gasteiger charge is 2.30. The molecule has 0 aromatic carbocycles. The van der Waals surface area contributed by atoms with Crippen LogP contribution < -0.4 is 5.73 Å². The number of nitrogens with zero attached hydrogens (tertiary/aromatic N) is 2. The zero-order valence-electron chi connectivity index (χ0n) is 7.36. The molecule has 2 heterocycles. The molecule has 1 saturated heterocycles. The number of likely N-dealkylation sites (tertiary alicyclic amines) is 1. The smallest absolute Gasteiger partial charge is 0.259 e. The van der Waals surface area contributed by atoms with Crippen LogP contribution in [0.1, 0.15) is 16.1 Å². The second-order valence-electron chi connectivity index (χ2n) is 3.27. The molecule has 2 rings (SSSR count). The summed E-state index contributed by atoms with van der Waals surface area (Å²) in [7, 11) is 0. The van der Waals surface area contributed by atoms with E-state index < -0.39 is 0 Å². The molecule has 0 atom stereocenters. The second-order valence-corrected chi connectivity index (χ2v) is 3.27. The van der Waals surface area contributed by atoms with E-state index in [4.69, 9.17) is 10.3 Å². The number of aromatic nitrogens is 1. The first-order valence-corrected chi connectivity index (χ1v) is 4.14. The van der Waals surface area contributed by atoms with Gasteiger partial charge in [-0.25, -0.2) is 0 Å². The second kappa shape index (κ2) is 2.85. The average molecular weight is 181 g/mol. The van der Waals surface area contributed by atoms with Gasteiger partial charge in [-0.1, -0.05) is 5.16 Å². The van der Waals surface area contributed by atoms with E-state index in [-0.39, 0.29) is 11.9 Å². The van der Waals surface area contributed by atoms with Crippen molar-refractivity contribution in [3.05, 3.63) is 17.5 Å². The number of hydrogen-bond donors (Lipinski definition) is 1. The molecule has 0 aliphatic carbocycles. The number of nitrogens with two attached hydrogens (primary N) is 1. The lowest BCUT2D eigenvalue weighted by Gasteiger charge is -2.36. The van der Waals surface area contributed by atoms with Crippen LogP contribution in [0.2, 0.25) is 0 Å². The molecule has 5 heteroatoms. The number of hydrogen-bond acceptors (Lipinski definition) is 4. The summed E-state index contributed by atoms with van der Waals surface area (Å²) in [4.78, 5) is 13.3. The van der Waals surface area contributed by atoms with Crippen LogP contribution in [-0.2, 0) is 0 Å². The summed E-state index contributed by atoms with van der Waals surface area (Å²) in [5, 5.41) is 3.55. The monoisotopic (exact) mass is 181 g/mol. The van der Waals surface area contributed by atoms with Gasteiger partial charge >= 0.3 is 0 Å². The van der Waals surface area contributed by atoms with Crippen LogP contribution in [-0.4, -0.2) is 35.1 Å². The quantitative estimate of drug-likeness (QED) is 0.649. The summed E-state index contributed by atoms with van der Waals surface area (Å²) in [6.07, 6.45) is 1.45. The maximum absolute atomic E-state index is 11.6. The number of aryl methyl sites for hydroxylation is 1. The van der Waals surface area contributed by atoms with Crippen LogP contribution in [0.3, 0.4) is 0 Å². The van der Waals surface area contributed by atoms with Gasteiger partial charge in [0.15, 0.2) is 0 Å². The van der Waals surface area contributed by atoms with E-state index in [1.165, 1.54) is 6.20 Å². The number of carbonyl (C=O) groups excluding carboxylic acids is 1. The third kappa shape index (κ3) is 1.31. The van der Waals surface area contributed by atoms with E-state index in [1.807, 2.05) is 0 Å². The molecule has 1 amide bonds. The average Bonchev–Trinajstić information content (AvgIpc) is 2.44. The van der Waals surface area contributed by atoms with Crippen LogP contribution in [0.5, 0.6) is 0 Å². The molecule has 0 unspecified atom stereocenters. The van der Waals surface area contributed by atoms with Crippen LogP contribution in [0.25, 0.3) is 0 Å². The molecule has 0 bridgehead atoms. The largest absolute Gasteiger partial charge is 0.361 e. The highest BCUT2D eigenvalue weighted by molar-refractivity contribution is 5.95. The van der Waals surface area contributed by atoms with Crippen LogP contribution >= 0.6 is 0 Å². The minimum Gasteiger partial charge on any atom is -0.361 e. The van der Waals surface area contributed by atoms with Crippen molar-refractivity contribution in [2.45, 2.75) is 13.0 Å². The lowest BCUT2D eigenvalue weighted by molar-refractivity contribution is 0.0606. The lowest BCUT2D eigenvalue weighted by atomic mass is 10.1. The summed E-state index contributed by atoms with van der Waals surface area (Å²) in [5.74, 6) is 0.519. The first-order chi connectivity index (χ1) is 6.18. The number of rotatable bonds is 1. The predicted molar refractivity (Wildman–Crippen MR) is 45.1 cm³/mol. The molecule has 13 heavy (non-hydrogen) atoms. The molecule has 0 saturated carbocycles. The van der Waals surface area contributed by atoms with Crippen molar-refractivity contribution < 1.29 is 9.32 Å². The molecule has 5 nitrogen and oxygen atoms in total. The Labute approximate surface area is 75.5 Å². The molecule has 0 radical (unpaired) electrons. The summed E-state index contributed by atoms with van der Waals surface area (Å²) in [5.41, 5.74) is 6.10. The zero-order valence-corrected chi connectivity index (χ0v) is 7.36. The Morgan fingerprint density at radius 1 is 1.77 bits per heavy atom. The van der Waals surface area contributed by atoms with Gasteiger partial charge in [-0.2, -0.15) is 0 Å². The first-order valence-electron chi connectivity index (χ1n) is 4.14. The molecular formula is C8H11N3O2. The van der Waals surface area contributed by atoms with Gasteiger partial charge in [0.2, 0.25) is 0 Å². The maximum Gasteiger partial charge on any atom is 0.259 e. The first kappa shape index (κ1) is 8.25. The van der Waals surface area contributed by atoms with Crippen molar-refractivity contribution in [1.29, 1.82) is 0 Å². The Kier molecular flexibility index (Phi) is 1.81. The van der Waals surface area contributed by atoms with Gasteiger partial charge in [-0.15, -0.1) is 0 Å². The Morgan fingerprint density at radius 3 is 2.92 bits per heavy atom. The van der Waals surface area contributed by atoms with Gasteiger partial charge in [-0.05, 0) is 6.92 Å². The molecule has 2 N–H and O–H groups in total. The Balaban J connectivity index is 2.10. The number of carbonyl (C=O) groups is 1. The SMILES string of the molecule is Cc1oncc1C(=O)N1CC(N)C1. The Hall–Kier alpha value is -1.36. The van der Waals surface area contributed by atoms with Crippen LogP contribution in [0.15, 0.2) is 10.7 Å². The fourth-order valence-corrected chi connectivity index (χ4v) is 1.35. The fourth-order valence-electron chi connectivity index (χ4n) is 1.35.